The van der Waals surface area contributed by atoms with Crippen molar-refractivity contribution in [3.8, 4) is 0 Å². The third-order valence-corrected chi connectivity index (χ3v) is 3.63. The first-order valence-corrected chi connectivity index (χ1v) is 7.39. The second kappa shape index (κ2) is 8.62. The molecular weight excluding hydrogens is 295 g/mol. The van der Waals surface area contributed by atoms with Gasteiger partial charge in [-0.25, -0.2) is 4.39 Å². The standard InChI is InChI=1S/C14H22BrFN2/c1-2-3-4-5-6-7-14(18-17)12-9-8-11(15)10-13(12)16/h8-10,14,18H,2-7,17H2,1H3. The number of hydrogen-bond acceptors (Lipinski definition) is 2. The third kappa shape index (κ3) is 5.04. The highest BCUT2D eigenvalue weighted by atomic mass is 79.9. The second-order valence-corrected chi connectivity index (χ2v) is 5.50. The van der Waals surface area contributed by atoms with Crippen LogP contribution in [0, 0.1) is 5.82 Å². The molecule has 1 unspecified atom stereocenters. The highest BCUT2D eigenvalue weighted by molar-refractivity contribution is 9.10. The van der Waals surface area contributed by atoms with E-state index in [0.29, 0.717) is 5.56 Å². The number of nitrogens with one attached hydrogen (secondary N) is 1. The van der Waals surface area contributed by atoms with Crippen molar-refractivity contribution in [2.45, 2.75) is 51.5 Å². The van der Waals surface area contributed by atoms with Crippen LogP contribution in [-0.2, 0) is 0 Å². The summed E-state index contributed by atoms with van der Waals surface area (Å²) in [4.78, 5) is 0. The molecule has 0 amide bonds. The maximum absolute atomic E-state index is 13.8. The van der Waals surface area contributed by atoms with Crippen LogP contribution in [0.3, 0.4) is 0 Å². The first kappa shape index (κ1) is 15.6. The SMILES string of the molecule is CCCCCCCC(NN)c1ccc(Br)cc1F. The van der Waals surface area contributed by atoms with Crippen LogP contribution in [0.5, 0.6) is 0 Å². The van der Waals surface area contributed by atoms with Gasteiger partial charge in [-0.1, -0.05) is 61.0 Å². The number of benzene rings is 1. The molecule has 3 N–H and O–H groups in total. The summed E-state index contributed by atoms with van der Waals surface area (Å²) in [6.07, 6.45) is 6.89. The highest BCUT2D eigenvalue weighted by Gasteiger charge is 2.14. The molecule has 0 aromatic heterocycles. The molecule has 4 heteroatoms. The van der Waals surface area contributed by atoms with Gasteiger partial charge in [-0.3, -0.25) is 11.3 Å². The Morgan fingerprint density at radius 3 is 2.61 bits per heavy atom. The van der Waals surface area contributed by atoms with Gasteiger partial charge in [0, 0.05) is 16.1 Å². The van der Waals surface area contributed by atoms with Crippen LogP contribution in [0.15, 0.2) is 22.7 Å². The van der Waals surface area contributed by atoms with Gasteiger partial charge in [0.25, 0.3) is 0 Å². The van der Waals surface area contributed by atoms with Gasteiger partial charge in [0.05, 0.1) is 0 Å². The van der Waals surface area contributed by atoms with Gasteiger partial charge < -0.3 is 0 Å². The number of hydrazine groups is 1. The van der Waals surface area contributed by atoms with E-state index in [2.05, 4.69) is 28.3 Å². The molecule has 1 rings (SSSR count). The van der Waals surface area contributed by atoms with Crippen molar-refractivity contribution in [3.63, 3.8) is 0 Å². The molecular formula is C14H22BrFN2. The first-order chi connectivity index (χ1) is 8.69. The lowest BCUT2D eigenvalue weighted by molar-refractivity contribution is 0.458. The summed E-state index contributed by atoms with van der Waals surface area (Å²) in [5.74, 6) is 5.32. The summed E-state index contributed by atoms with van der Waals surface area (Å²) in [7, 11) is 0. The van der Waals surface area contributed by atoms with E-state index < -0.39 is 0 Å². The average Bonchev–Trinajstić information content (AvgIpc) is 2.35. The minimum Gasteiger partial charge on any atom is -0.271 e. The molecule has 2 nitrogen and oxygen atoms in total. The first-order valence-electron chi connectivity index (χ1n) is 6.60. The molecule has 0 radical (unpaired) electrons. The predicted octanol–water partition coefficient (Wildman–Crippen LogP) is 4.45. The number of halogens is 2. The van der Waals surface area contributed by atoms with Gasteiger partial charge in [-0.05, 0) is 18.6 Å². The van der Waals surface area contributed by atoms with Crippen LogP contribution in [0.4, 0.5) is 4.39 Å². The molecule has 18 heavy (non-hydrogen) atoms. The quantitative estimate of drug-likeness (QED) is 0.422. The molecule has 0 aliphatic rings. The van der Waals surface area contributed by atoms with Gasteiger partial charge >= 0.3 is 0 Å². The lowest BCUT2D eigenvalue weighted by Crippen LogP contribution is -2.28. The lowest BCUT2D eigenvalue weighted by Gasteiger charge is -2.17. The van der Waals surface area contributed by atoms with E-state index in [1.807, 2.05) is 6.07 Å². The van der Waals surface area contributed by atoms with Gasteiger partial charge in [-0.2, -0.15) is 0 Å². The smallest absolute Gasteiger partial charge is 0.129 e. The Balaban J connectivity index is 2.49. The van der Waals surface area contributed by atoms with E-state index in [1.165, 1.54) is 31.7 Å². The Labute approximate surface area is 117 Å². The van der Waals surface area contributed by atoms with Crippen LogP contribution in [-0.4, -0.2) is 0 Å². The van der Waals surface area contributed by atoms with Crippen LogP contribution >= 0.6 is 15.9 Å². The lowest BCUT2D eigenvalue weighted by atomic mass is 10.00. The van der Waals surface area contributed by atoms with Crippen molar-refractivity contribution in [2.75, 3.05) is 0 Å². The van der Waals surface area contributed by atoms with Crippen LogP contribution in [0.1, 0.15) is 57.1 Å². The van der Waals surface area contributed by atoms with Crippen molar-refractivity contribution < 1.29 is 4.39 Å². The molecule has 1 aromatic carbocycles. The van der Waals surface area contributed by atoms with Crippen molar-refractivity contribution in [3.05, 3.63) is 34.1 Å². The maximum atomic E-state index is 13.8. The molecule has 0 bridgehead atoms. The topological polar surface area (TPSA) is 38.0 Å². The zero-order valence-electron chi connectivity index (χ0n) is 10.9. The fourth-order valence-corrected chi connectivity index (χ4v) is 2.40. The van der Waals surface area contributed by atoms with Crippen molar-refractivity contribution in [1.82, 2.24) is 5.43 Å². The molecule has 1 atom stereocenters. The Morgan fingerprint density at radius 2 is 2.00 bits per heavy atom. The fourth-order valence-electron chi connectivity index (χ4n) is 2.06. The van der Waals surface area contributed by atoms with Gasteiger partial charge in [0.2, 0.25) is 0 Å². The van der Waals surface area contributed by atoms with E-state index in [0.717, 1.165) is 17.3 Å². The minimum atomic E-state index is -0.208. The van der Waals surface area contributed by atoms with Crippen molar-refractivity contribution in [1.29, 1.82) is 0 Å². The van der Waals surface area contributed by atoms with E-state index in [-0.39, 0.29) is 11.9 Å². The number of unbranched alkanes of at least 4 members (excludes halogenated alkanes) is 4. The molecule has 0 heterocycles. The summed E-state index contributed by atoms with van der Waals surface area (Å²) in [6, 6.07) is 5.02. The van der Waals surface area contributed by atoms with Gasteiger partial charge in [0.1, 0.15) is 5.82 Å². The van der Waals surface area contributed by atoms with Crippen molar-refractivity contribution >= 4 is 15.9 Å². The van der Waals surface area contributed by atoms with E-state index >= 15 is 0 Å². The van der Waals surface area contributed by atoms with Crippen LogP contribution in [0.2, 0.25) is 0 Å². The van der Waals surface area contributed by atoms with Crippen molar-refractivity contribution in [2.24, 2.45) is 5.84 Å². The van der Waals surface area contributed by atoms with Gasteiger partial charge in [-0.15, -0.1) is 0 Å². The Hall–Kier alpha value is -0.450. The minimum absolute atomic E-state index is 0.0975. The number of rotatable bonds is 8. The third-order valence-electron chi connectivity index (χ3n) is 3.14. The van der Waals surface area contributed by atoms with Gasteiger partial charge in [0.15, 0.2) is 0 Å². The zero-order chi connectivity index (χ0) is 13.4. The largest absolute Gasteiger partial charge is 0.271 e. The normalized spacial score (nSPS) is 12.7. The zero-order valence-corrected chi connectivity index (χ0v) is 12.5. The highest BCUT2D eigenvalue weighted by Crippen LogP contribution is 2.24. The number of nitrogens with two attached hydrogens (primary N) is 1. The molecule has 0 spiro atoms. The predicted molar refractivity (Wildman–Crippen MR) is 77.5 cm³/mol. The maximum Gasteiger partial charge on any atom is 0.129 e. The summed E-state index contributed by atoms with van der Waals surface area (Å²) in [5.41, 5.74) is 3.36. The van der Waals surface area contributed by atoms with Crippen LogP contribution in [0.25, 0.3) is 0 Å². The Bertz CT molecular complexity index is 358. The van der Waals surface area contributed by atoms with E-state index in [4.69, 9.17) is 5.84 Å². The second-order valence-electron chi connectivity index (χ2n) is 4.59. The molecule has 102 valence electrons. The Morgan fingerprint density at radius 1 is 1.28 bits per heavy atom. The average molecular weight is 317 g/mol. The van der Waals surface area contributed by atoms with E-state index in [1.54, 1.807) is 6.07 Å². The molecule has 1 aromatic rings. The summed E-state index contributed by atoms with van der Waals surface area (Å²) in [6.45, 7) is 2.20. The number of hydrogen-bond donors (Lipinski definition) is 2. The summed E-state index contributed by atoms with van der Waals surface area (Å²) < 4.78 is 14.5. The molecule has 0 fully saturated rings. The molecule has 0 saturated carbocycles. The monoisotopic (exact) mass is 316 g/mol. The molecule has 0 aliphatic heterocycles. The fraction of sp³-hybridized carbons (Fsp3) is 0.571. The summed E-state index contributed by atoms with van der Waals surface area (Å²) >= 11 is 3.26. The molecule has 0 aliphatic carbocycles. The Kier molecular flexibility index (Phi) is 7.47. The van der Waals surface area contributed by atoms with E-state index in [9.17, 15) is 4.39 Å². The summed E-state index contributed by atoms with van der Waals surface area (Å²) in [5, 5.41) is 0. The van der Waals surface area contributed by atoms with Crippen LogP contribution < -0.4 is 11.3 Å². The molecule has 0 saturated heterocycles.